The van der Waals surface area contributed by atoms with E-state index < -0.39 is 5.91 Å². The van der Waals surface area contributed by atoms with Gasteiger partial charge in [0.1, 0.15) is 0 Å². The number of aromatic nitrogens is 4. The standard InChI is InChI=1S/C10H14N6O2/c1-3-4-6-7(11)8(15-14-6)9(17)13-10-12-5(2)16-18-10/h3-4,11H2,1-2H3,(H,14,15)(H,12,13,16,17). The summed E-state index contributed by atoms with van der Waals surface area (Å²) in [6, 6.07) is 0.0249. The summed E-state index contributed by atoms with van der Waals surface area (Å²) < 4.78 is 4.78. The number of carbonyl (C=O) groups excluding carboxylic acids is 1. The Morgan fingerprint density at radius 1 is 1.56 bits per heavy atom. The molecule has 0 radical (unpaired) electrons. The molecule has 0 atom stereocenters. The maximum Gasteiger partial charge on any atom is 0.328 e. The number of nitrogens with zero attached hydrogens (tertiary/aromatic N) is 3. The molecular formula is C10H14N6O2. The lowest BCUT2D eigenvalue weighted by atomic mass is 10.2. The molecular weight excluding hydrogens is 236 g/mol. The summed E-state index contributed by atoms with van der Waals surface area (Å²) in [4.78, 5) is 15.7. The van der Waals surface area contributed by atoms with E-state index in [1.54, 1.807) is 6.92 Å². The van der Waals surface area contributed by atoms with Crippen molar-refractivity contribution in [1.29, 1.82) is 0 Å². The van der Waals surface area contributed by atoms with Gasteiger partial charge >= 0.3 is 6.01 Å². The molecule has 0 saturated heterocycles. The van der Waals surface area contributed by atoms with Crippen molar-refractivity contribution in [1.82, 2.24) is 20.3 Å². The van der Waals surface area contributed by atoms with Crippen LogP contribution in [0.15, 0.2) is 4.52 Å². The Labute approximate surface area is 103 Å². The maximum absolute atomic E-state index is 11.9. The largest absolute Gasteiger partial charge is 0.395 e. The zero-order chi connectivity index (χ0) is 13.1. The first-order valence-corrected chi connectivity index (χ1v) is 5.56. The van der Waals surface area contributed by atoms with Crippen LogP contribution in [-0.4, -0.2) is 26.2 Å². The number of carbonyl (C=O) groups is 1. The molecule has 0 aliphatic heterocycles. The molecule has 96 valence electrons. The van der Waals surface area contributed by atoms with Crippen molar-refractivity contribution in [3.05, 3.63) is 17.2 Å². The number of anilines is 2. The van der Waals surface area contributed by atoms with Gasteiger partial charge in [0, 0.05) is 0 Å². The fourth-order valence-electron chi connectivity index (χ4n) is 1.50. The molecule has 2 heterocycles. The van der Waals surface area contributed by atoms with Gasteiger partial charge in [0.2, 0.25) is 0 Å². The molecule has 2 rings (SSSR count). The van der Waals surface area contributed by atoms with E-state index in [1.165, 1.54) is 0 Å². The van der Waals surface area contributed by atoms with Crippen LogP contribution in [0.2, 0.25) is 0 Å². The van der Waals surface area contributed by atoms with Crippen LogP contribution in [0.3, 0.4) is 0 Å². The number of aromatic amines is 1. The summed E-state index contributed by atoms with van der Waals surface area (Å²) in [6.45, 7) is 3.67. The Bertz CT molecular complexity index is 558. The fraction of sp³-hybridized carbons (Fsp3) is 0.400. The summed E-state index contributed by atoms with van der Waals surface area (Å²) in [5.74, 6) is -0.0401. The number of hydrogen-bond donors (Lipinski definition) is 3. The van der Waals surface area contributed by atoms with E-state index in [2.05, 4.69) is 25.7 Å². The van der Waals surface area contributed by atoms with Crippen molar-refractivity contribution < 1.29 is 9.32 Å². The number of aryl methyl sites for hydroxylation is 2. The first-order valence-electron chi connectivity index (χ1n) is 5.56. The zero-order valence-corrected chi connectivity index (χ0v) is 10.1. The Balaban J connectivity index is 2.14. The summed E-state index contributed by atoms with van der Waals surface area (Å²) in [6.07, 6.45) is 1.65. The third kappa shape index (κ3) is 2.31. The lowest BCUT2D eigenvalue weighted by Gasteiger charge is -1.98. The van der Waals surface area contributed by atoms with E-state index in [0.717, 1.165) is 18.5 Å². The second-order valence-electron chi connectivity index (χ2n) is 3.82. The highest BCUT2D eigenvalue weighted by Gasteiger charge is 2.18. The lowest BCUT2D eigenvalue weighted by Crippen LogP contribution is -2.14. The van der Waals surface area contributed by atoms with Crippen molar-refractivity contribution in [3.8, 4) is 0 Å². The number of nitrogen functional groups attached to an aromatic ring is 1. The maximum atomic E-state index is 11.9. The highest BCUT2D eigenvalue weighted by atomic mass is 16.5. The van der Waals surface area contributed by atoms with Gasteiger partial charge in [-0.15, -0.1) is 0 Å². The molecule has 0 aromatic carbocycles. The summed E-state index contributed by atoms with van der Waals surface area (Å²) in [5, 5.41) is 12.6. The van der Waals surface area contributed by atoms with Crippen LogP contribution in [0, 0.1) is 6.92 Å². The molecule has 8 nitrogen and oxygen atoms in total. The molecule has 8 heteroatoms. The molecule has 2 aromatic heterocycles. The predicted molar refractivity (Wildman–Crippen MR) is 64.0 cm³/mol. The van der Waals surface area contributed by atoms with Crippen molar-refractivity contribution in [2.24, 2.45) is 0 Å². The van der Waals surface area contributed by atoms with Gasteiger partial charge in [-0.3, -0.25) is 15.2 Å². The first kappa shape index (κ1) is 12.1. The van der Waals surface area contributed by atoms with Crippen LogP contribution in [0.4, 0.5) is 11.7 Å². The third-order valence-electron chi connectivity index (χ3n) is 2.35. The highest BCUT2D eigenvalue weighted by molar-refractivity contribution is 6.05. The van der Waals surface area contributed by atoms with E-state index >= 15 is 0 Å². The van der Waals surface area contributed by atoms with E-state index in [9.17, 15) is 4.79 Å². The molecule has 0 bridgehead atoms. The summed E-state index contributed by atoms with van der Waals surface area (Å²) >= 11 is 0. The number of amides is 1. The van der Waals surface area contributed by atoms with Crippen molar-refractivity contribution >= 4 is 17.6 Å². The van der Waals surface area contributed by atoms with Gasteiger partial charge in [-0.25, -0.2) is 0 Å². The first-order chi connectivity index (χ1) is 8.61. The molecule has 0 fully saturated rings. The smallest absolute Gasteiger partial charge is 0.328 e. The summed E-state index contributed by atoms with van der Waals surface area (Å²) in [5.41, 5.74) is 7.07. The van der Waals surface area contributed by atoms with Gasteiger partial charge in [0.15, 0.2) is 11.5 Å². The van der Waals surface area contributed by atoms with E-state index in [0.29, 0.717) is 11.5 Å². The number of hydrogen-bond acceptors (Lipinski definition) is 6. The highest BCUT2D eigenvalue weighted by Crippen LogP contribution is 2.16. The minimum atomic E-state index is -0.477. The van der Waals surface area contributed by atoms with Crippen molar-refractivity contribution in [3.63, 3.8) is 0 Å². The second kappa shape index (κ2) is 4.86. The molecule has 1 amide bonds. The van der Waals surface area contributed by atoms with Crippen molar-refractivity contribution in [2.45, 2.75) is 26.7 Å². The molecule has 0 spiro atoms. The Morgan fingerprint density at radius 2 is 2.33 bits per heavy atom. The van der Waals surface area contributed by atoms with Crippen LogP contribution < -0.4 is 11.1 Å². The van der Waals surface area contributed by atoms with E-state index in [1.807, 2.05) is 6.92 Å². The van der Waals surface area contributed by atoms with E-state index in [-0.39, 0.29) is 11.7 Å². The Morgan fingerprint density at radius 3 is 2.94 bits per heavy atom. The van der Waals surface area contributed by atoms with Gasteiger partial charge < -0.3 is 10.3 Å². The number of H-pyrrole nitrogens is 1. The number of nitrogens with two attached hydrogens (primary N) is 1. The quantitative estimate of drug-likeness (QED) is 0.740. The predicted octanol–water partition coefficient (Wildman–Crippen LogP) is 0.888. The monoisotopic (exact) mass is 250 g/mol. The Kier molecular flexibility index (Phi) is 3.26. The molecule has 2 aromatic rings. The topological polar surface area (TPSA) is 123 Å². The van der Waals surface area contributed by atoms with Crippen LogP contribution >= 0.6 is 0 Å². The average Bonchev–Trinajstić information content (AvgIpc) is 2.87. The van der Waals surface area contributed by atoms with Gasteiger partial charge in [0.25, 0.3) is 5.91 Å². The minimum Gasteiger partial charge on any atom is -0.395 e. The lowest BCUT2D eigenvalue weighted by molar-refractivity contribution is 0.101. The van der Waals surface area contributed by atoms with Gasteiger partial charge in [-0.1, -0.05) is 18.5 Å². The normalized spacial score (nSPS) is 10.6. The Hall–Kier alpha value is -2.38. The second-order valence-corrected chi connectivity index (χ2v) is 3.82. The minimum absolute atomic E-state index is 0.0249. The molecule has 4 N–H and O–H groups in total. The van der Waals surface area contributed by atoms with Crippen LogP contribution in [-0.2, 0) is 6.42 Å². The molecule has 0 saturated carbocycles. The fourth-order valence-corrected chi connectivity index (χ4v) is 1.50. The summed E-state index contributed by atoms with van der Waals surface area (Å²) in [7, 11) is 0. The number of rotatable bonds is 4. The third-order valence-corrected chi connectivity index (χ3v) is 2.35. The SMILES string of the molecule is CCCc1[nH]nc(C(=O)Nc2nc(C)no2)c1N. The number of nitrogens with one attached hydrogen (secondary N) is 2. The van der Waals surface area contributed by atoms with E-state index in [4.69, 9.17) is 10.3 Å². The van der Waals surface area contributed by atoms with Crippen LogP contribution in [0.25, 0.3) is 0 Å². The molecule has 0 unspecified atom stereocenters. The molecule has 18 heavy (non-hydrogen) atoms. The van der Waals surface area contributed by atoms with Gasteiger partial charge in [0.05, 0.1) is 11.4 Å². The van der Waals surface area contributed by atoms with Gasteiger partial charge in [-0.05, 0) is 13.3 Å². The van der Waals surface area contributed by atoms with Crippen molar-refractivity contribution in [2.75, 3.05) is 11.1 Å². The van der Waals surface area contributed by atoms with Crippen LogP contribution in [0.5, 0.6) is 0 Å². The van der Waals surface area contributed by atoms with Gasteiger partial charge in [-0.2, -0.15) is 10.1 Å². The van der Waals surface area contributed by atoms with Crippen LogP contribution in [0.1, 0.15) is 35.4 Å². The molecule has 0 aliphatic rings. The zero-order valence-electron chi connectivity index (χ0n) is 10.1. The molecule has 0 aliphatic carbocycles. The average molecular weight is 250 g/mol.